The standard InChI is InChI=1S/C19H12O3/c20-15-9-6-12-10-16(21)19(22)18-13(7-8-14(15)17(12)18)11-4-2-1-3-5-11/h1-10,21-22H. The van der Waals surface area contributed by atoms with Crippen LogP contribution < -0.4 is 0 Å². The molecule has 0 atom stereocenters. The highest BCUT2D eigenvalue weighted by Crippen LogP contribution is 2.44. The van der Waals surface area contributed by atoms with E-state index >= 15 is 0 Å². The van der Waals surface area contributed by atoms with Crippen molar-refractivity contribution in [2.24, 2.45) is 0 Å². The van der Waals surface area contributed by atoms with Crippen LogP contribution in [0.4, 0.5) is 0 Å². The first kappa shape index (κ1) is 12.7. The highest BCUT2D eigenvalue weighted by molar-refractivity contribution is 6.23. The van der Waals surface area contributed by atoms with Crippen LogP contribution in [0.15, 0.2) is 54.6 Å². The first-order valence-corrected chi connectivity index (χ1v) is 6.96. The predicted molar refractivity (Wildman–Crippen MR) is 86.1 cm³/mol. The van der Waals surface area contributed by atoms with Crippen molar-refractivity contribution in [1.82, 2.24) is 0 Å². The molecule has 0 aliphatic heterocycles. The van der Waals surface area contributed by atoms with E-state index in [0.29, 0.717) is 16.3 Å². The molecule has 0 unspecified atom stereocenters. The molecule has 3 aromatic carbocycles. The average molecular weight is 288 g/mol. The summed E-state index contributed by atoms with van der Waals surface area (Å²) in [6, 6.07) is 14.7. The zero-order valence-corrected chi connectivity index (χ0v) is 11.6. The summed E-state index contributed by atoms with van der Waals surface area (Å²) >= 11 is 0. The zero-order chi connectivity index (χ0) is 15.3. The van der Waals surface area contributed by atoms with Gasteiger partial charge in [0, 0.05) is 16.3 Å². The third-order valence-corrected chi connectivity index (χ3v) is 4.03. The highest BCUT2D eigenvalue weighted by atomic mass is 16.3. The van der Waals surface area contributed by atoms with E-state index in [-0.39, 0.29) is 17.3 Å². The largest absolute Gasteiger partial charge is 0.504 e. The second-order valence-corrected chi connectivity index (χ2v) is 5.31. The van der Waals surface area contributed by atoms with Gasteiger partial charge in [-0.15, -0.1) is 0 Å². The van der Waals surface area contributed by atoms with Crippen molar-refractivity contribution in [1.29, 1.82) is 0 Å². The SMILES string of the molecule is O=C1C=Cc2cc(O)c(O)c3c(-c4ccccc4)ccc1c23. The van der Waals surface area contributed by atoms with Gasteiger partial charge in [0.1, 0.15) is 0 Å². The van der Waals surface area contributed by atoms with E-state index in [1.807, 2.05) is 36.4 Å². The molecule has 0 radical (unpaired) electrons. The molecule has 0 fully saturated rings. The lowest BCUT2D eigenvalue weighted by atomic mass is 9.87. The molecule has 0 saturated heterocycles. The number of allylic oxidation sites excluding steroid dienone is 1. The van der Waals surface area contributed by atoms with E-state index in [1.165, 1.54) is 12.1 Å². The molecule has 1 aliphatic carbocycles. The Labute approximate surface area is 126 Å². The van der Waals surface area contributed by atoms with Crippen LogP contribution in [0.3, 0.4) is 0 Å². The Morgan fingerprint density at radius 3 is 2.27 bits per heavy atom. The predicted octanol–water partition coefficient (Wildman–Crippen LogP) is 4.13. The lowest BCUT2D eigenvalue weighted by Crippen LogP contribution is -2.02. The zero-order valence-electron chi connectivity index (χ0n) is 11.6. The quantitative estimate of drug-likeness (QED) is 0.662. The van der Waals surface area contributed by atoms with Gasteiger partial charge < -0.3 is 10.2 Å². The van der Waals surface area contributed by atoms with Gasteiger partial charge in [-0.2, -0.15) is 0 Å². The monoisotopic (exact) mass is 288 g/mol. The minimum Gasteiger partial charge on any atom is -0.504 e. The molecule has 3 nitrogen and oxygen atoms in total. The van der Waals surface area contributed by atoms with Gasteiger partial charge in [0.15, 0.2) is 17.3 Å². The van der Waals surface area contributed by atoms with E-state index < -0.39 is 0 Å². The van der Waals surface area contributed by atoms with E-state index in [1.54, 1.807) is 12.1 Å². The second kappa shape index (κ2) is 4.46. The van der Waals surface area contributed by atoms with Crippen molar-refractivity contribution < 1.29 is 15.0 Å². The summed E-state index contributed by atoms with van der Waals surface area (Å²) in [5.74, 6) is -0.472. The Bertz CT molecular complexity index is 954. The van der Waals surface area contributed by atoms with E-state index in [2.05, 4.69) is 0 Å². The Kier molecular flexibility index (Phi) is 2.57. The lowest BCUT2D eigenvalue weighted by Gasteiger charge is -2.17. The first-order valence-electron chi connectivity index (χ1n) is 6.96. The van der Waals surface area contributed by atoms with Crippen LogP contribution in [0.5, 0.6) is 11.5 Å². The van der Waals surface area contributed by atoms with Crippen LogP contribution in [-0.2, 0) is 0 Å². The molecule has 3 heteroatoms. The van der Waals surface area contributed by atoms with Crippen molar-refractivity contribution in [3.05, 3.63) is 65.7 Å². The molecule has 3 aromatic rings. The van der Waals surface area contributed by atoms with Crippen LogP contribution >= 0.6 is 0 Å². The summed E-state index contributed by atoms with van der Waals surface area (Å²) < 4.78 is 0. The molecule has 22 heavy (non-hydrogen) atoms. The lowest BCUT2D eigenvalue weighted by molar-refractivity contribution is 0.104. The van der Waals surface area contributed by atoms with Crippen molar-refractivity contribution in [2.45, 2.75) is 0 Å². The van der Waals surface area contributed by atoms with Gasteiger partial charge in [-0.1, -0.05) is 42.5 Å². The third kappa shape index (κ3) is 1.66. The molecule has 0 spiro atoms. The molecular weight excluding hydrogens is 276 g/mol. The smallest absolute Gasteiger partial charge is 0.186 e. The van der Waals surface area contributed by atoms with Crippen LogP contribution in [0, 0.1) is 0 Å². The molecule has 106 valence electrons. The van der Waals surface area contributed by atoms with Gasteiger partial charge in [0.25, 0.3) is 0 Å². The molecule has 1 aliphatic rings. The first-order chi connectivity index (χ1) is 10.7. The Hall–Kier alpha value is -3.07. The minimum atomic E-state index is -0.192. The molecule has 0 bridgehead atoms. The number of aromatic hydroxyl groups is 2. The number of benzene rings is 3. The highest BCUT2D eigenvalue weighted by Gasteiger charge is 2.22. The fourth-order valence-corrected chi connectivity index (χ4v) is 3.01. The van der Waals surface area contributed by atoms with Crippen LogP contribution in [0.25, 0.3) is 28.0 Å². The Morgan fingerprint density at radius 1 is 0.773 bits per heavy atom. The molecule has 0 saturated carbocycles. The molecule has 0 heterocycles. The molecular formula is C19H12O3. The summed E-state index contributed by atoms with van der Waals surface area (Å²) in [5, 5.41) is 21.6. The number of carbonyl (C=O) groups is 1. The van der Waals surface area contributed by atoms with Crippen molar-refractivity contribution >= 4 is 22.6 Å². The summed E-state index contributed by atoms with van der Waals surface area (Å²) in [7, 11) is 0. The molecule has 4 rings (SSSR count). The van der Waals surface area contributed by atoms with Gasteiger partial charge in [0.05, 0.1) is 0 Å². The van der Waals surface area contributed by atoms with Crippen LogP contribution in [0.2, 0.25) is 0 Å². The van der Waals surface area contributed by atoms with Crippen LogP contribution in [0.1, 0.15) is 15.9 Å². The summed E-state index contributed by atoms with van der Waals surface area (Å²) in [5.41, 5.74) is 2.99. The number of ketones is 1. The number of carbonyl (C=O) groups excluding carboxylic acids is 1. The number of phenols is 2. The van der Waals surface area contributed by atoms with E-state index in [9.17, 15) is 15.0 Å². The van der Waals surface area contributed by atoms with Crippen molar-refractivity contribution in [2.75, 3.05) is 0 Å². The number of hydrogen-bond donors (Lipinski definition) is 2. The fraction of sp³-hybridized carbons (Fsp3) is 0. The minimum absolute atomic E-state index is 0.0952. The van der Waals surface area contributed by atoms with Gasteiger partial charge in [-0.05, 0) is 34.9 Å². The molecule has 0 aromatic heterocycles. The maximum absolute atomic E-state index is 12.1. The maximum Gasteiger partial charge on any atom is 0.186 e. The normalized spacial score (nSPS) is 12.8. The fourth-order valence-electron chi connectivity index (χ4n) is 3.01. The number of rotatable bonds is 1. The maximum atomic E-state index is 12.1. The molecule has 2 N–H and O–H groups in total. The Balaban J connectivity index is 2.21. The summed E-state index contributed by atoms with van der Waals surface area (Å²) in [4.78, 5) is 12.1. The number of phenolic OH excluding ortho intramolecular Hbond substituents is 2. The van der Waals surface area contributed by atoms with Crippen molar-refractivity contribution in [3.63, 3.8) is 0 Å². The van der Waals surface area contributed by atoms with Gasteiger partial charge in [-0.25, -0.2) is 0 Å². The Morgan fingerprint density at radius 2 is 1.50 bits per heavy atom. The van der Waals surface area contributed by atoms with E-state index in [0.717, 1.165) is 16.7 Å². The van der Waals surface area contributed by atoms with Gasteiger partial charge >= 0.3 is 0 Å². The van der Waals surface area contributed by atoms with Crippen molar-refractivity contribution in [3.8, 4) is 22.6 Å². The topological polar surface area (TPSA) is 57.5 Å². The summed E-state index contributed by atoms with van der Waals surface area (Å²) in [6.45, 7) is 0. The van der Waals surface area contributed by atoms with Gasteiger partial charge in [0.2, 0.25) is 0 Å². The summed E-state index contributed by atoms with van der Waals surface area (Å²) in [6.07, 6.45) is 3.15. The second-order valence-electron chi connectivity index (χ2n) is 5.31. The number of hydrogen-bond acceptors (Lipinski definition) is 3. The molecule has 0 amide bonds. The third-order valence-electron chi connectivity index (χ3n) is 4.03. The average Bonchev–Trinajstić information content (AvgIpc) is 2.55. The van der Waals surface area contributed by atoms with Gasteiger partial charge in [-0.3, -0.25) is 4.79 Å². The van der Waals surface area contributed by atoms with Crippen LogP contribution in [-0.4, -0.2) is 16.0 Å². The van der Waals surface area contributed by atoms with E-state index in [4.69, 9.17) is 0 Å².